The molecule has 0 bridgehead atoms. The minimum absolute atomic E-state index is 0.925. The van der Waals surface area contributed by atoms with E-state index in [-0.39, 0.29) is 0 Å². The van der Waals surface area contributed by atoms with Gasteiger partial charge in [-0.3, -0.25) is 4.90 Å². The maximum absolute atomic E-state index is 3.24. The lowest BCUT2D eigenvalue weighted by molar-refractivity contribution is 0.317. The van der Waals surface area contributed by atoms with Gasteiger partial charge in [-0.2, -0.15) is 0 Å². The van der Waals surface area contributed by atoms with Gasteiger partial charge in [0.15, 0.2) is 0 Å². The minimum Gasteiger partial charge on any atom is -0.316 e. The molecule has 1 N–H and O–H groups in total. The van der Waals surface area contributed by atoms with Crippen LogP contribution in [0.4, 0.5) is 0 Å². The first kappa shape index (κ1) is 14.8. The zero-order valence-electron chi connectivity index (χ0n) is 12.7. The maximum Gasteiger partial charge on any atom is 0.0237 e. The summed E-state index contributed by atoms with van der Waals surface area (Å²) in [5, 5.41) is 3.24. The van der Waals surface area contributed by atoms with E-state index in [1.165, 1.54) is 22.3 Å². The van der Waals surface area contributed by atoms with Crippen LogP contribution in [0, 0.1) is 6.92 Å². The SMILES string of the molecule is CNCc1ccccc1CN(C)Cc1ccccc1C. The van der Waals surface area contributed by atoms with Crippen LogP contribution < -0.4 is 5.32 Å². The zero-order valence-corrected chi connectivity index (χ0v) is 12.7. The molecule has 0 heterocycles. The predicted octanol–water partition coefficient (Wildman–Crippen LogP) is 3.35. The average molecular weight is 268 g/mol. The number of nitrogens with zero attached hydrogens (tertiary/aromatic N) is 1. The molecule has 2 heteroatoms. The van der Waals surface area contributed by atoms with Gasteiger partial charge in [0.2, 0.25) is 0 Å². The largest absolute Gasteiger partial charge is 0.316 e. The molecule has 0 spiro atoms. The van der Waals surface area contributed by atoms with E-state index in [2.05, 4.69) is 72.7 Å². The molecule has 2 aromatic carbocycles. The summed E-state index contributed by atoms with van der Waals surface area (Å²) in [5.41, 5.74) is 5.55. The third-order valence-electron chi connectivity index (χ3n) is 3.63. The van der Waals surface area contributed by atoms with Crippen molar-refractivity contribution in [2.45, 2.75) is 26.6 Å². The number of hydrogen-bond acceptors (Lipinski definition) is 2. The topological polar surface area (TPSA) is 15.3 Å². The van der Waals surface area contributed by atoms with Gasteiger partial charge < -0.3 is 5.32 Å². The van der Waals surface area contributed by atoms with Crippen molar-refractivity contribution in [2.24, 2.45) is 0 Å². The minimum atomic E-state index is 0.925. The summed E-state index contributed by atoms with van der Waals surface area (Å²) in [6.07, 6.45) is 0. The Bertz CT molecular complexity index is 549. The summed E-state index contributed by atoms with van der Waals surface area (Å²) in [6, 6.07) is 17.3. The number of rotatable bonds is 6. The van der Waals surface area contributed by atoms with E-state index in [9.17, 15) is 0 Å². The van der Waals surface area contributed by atoms with E-state index in [4.69, 9.17) is 0 Å². The standard InChI is InChI=1S/C18H24N2/c1-15-8-4-5-10-17(15)13-20(3)14-18-11-7-6-9-16(18)12-19-2/h4-11,19H,12-14H2,1-3H3. The van der Waals surface area contributed by atoms with E-state index in [0.29, 0.717) is 0 Å². The Labute approximate surface area is 122 Å². The molecule has 0 radical (unpaired) electrons. The zero-order chi connectivity index (χ0) is 14.4. The molecule has 0 atom stereocenters. The summed E-state index contributed by atoms with van der Waals surface area (Å²) in [5.74, 6) is 0. The molecular weight excluding hydrogens is 244 g/mol. The molecule has 0 amide bonds. The third kappa shape index (κ3) is 3.92. The van der Waals surface area contributed by atoms with E-state index < -0.39 is 0 Å². The van der Waals surface area contributed by atoms with Gasteiger partial charge in [0, 0.05) is 19.6 Å². The molecule has 106 valence electrons. The Morgan fingerprint density at radius 3 is 2.05 bits per heavy atom. The third-order valence-corrected chi connectivity index (χ3v) is 3.63. The van der Waals surface area contributed by atoms with Crippen LogP contribution in [-0.2, 0) is 19.6 Å². The Hall–Kier alpha value is -1.64. The van der Waals surface area contributed by atoms with Crippen LogP contribution in [0.15, 0.2) is 48.5 Å². The molecule has 2 aromatic rings. The molecule has 0 aliphatic carbocycles. The second kappa shape index (κ2) is 7.22. The van der Waals surface area contributed by atoms with Crippen molar-refractivity contribution in [1.82, 2.24) is 10.2 Å². The van der Waals surface area contributed by atoms with Gasteiger partial charge in [-0.1, -0.05) is 48.5 Å². The summed E-state index contributed by atoms with van der Waals surface area (Å²) < 4.78 is 0. The molecule has 2 rings (SSSR count). The van der Waals surface area contributed by atoms with Crippen molar-refractivity contribution in [3.05, 3.63) is 70.8 Å². The summed E-state index contributed by atoms with van der Waals surface area (Å²) in [7, 11) is 4.18. The highest BCUT2D eigenvalue weighted by atomic mass is 15.1. The Kier molecular flexibility index (Phi) is 5.33. The molecule has 20 heavy (non-hydrogen) atoms. The van der Waals surface area contributed by atoms with Gasteiger partial charge in [-0.05, 0) is 43.3 Å². The van der Waals surface area contributed by atoms with Crippen LogP contribution in [0.5, 0.6) is 0 Å². The highest BCUT2D eigenvalue weighted by Crippen LogP contribution is 2.14. The van der Waals surface area contributed by atoms with Crippen LogP contribution in [0.1, 0.15) is 22.3 Å². The summed E-state index contributed by atoms with van der Waals surface area (Å²) in [6.45, 7) is 5.07. The van der Waals surface area contributed by atoms with Crippen molar-refractivity contribution in [1.29, 1.82) is 0 Å². The lowest BCUT2D eigenvalue weighted by Gasteiger charge is -2.20. The first-order valence-corrected chi connectivity index (χ1v) is 7.15. The highest BCUT2D eigenvalue weighted by Gasteiger charge is 2.06. The Balaban J connectivity index is 2.05. The molecule has 0 saturated heterocycles. The van der Waals surface area contributed by atoms with Crippen LogP contribution >= 0.6 is 0 Å². The highest BCUT2D eigenvalue weighted by molar-refractivity contribution is 5.28. The number of benzene rings is 2. The average Bonchev–Trinajstić information content (AvgIpc) is 2.44. The molecule has 0 aliphatic heterocycles. The molecule has 0 aliphatic rings. The predicted molar refractivity (Wildman–Crippen MR) is 85.6 cm³/mol. The van der Waals surface area contributed by atoms with Gasteiger partial charge in [0.05, 0.1) is 0 Å². The normalized spacial score (nSPS) is 11.0. The Morgan fingerprint density at radius 2 is 1.40 bits per heavy atom. The fourth-order valence-corrected chi connectivity index (χ4v) is 2.50. The number of nitrogens with one attached hydrogen (secondary N) is 1. The lowest BCUT2D eigenvalue weighted by Crippen LogP contribution is -2.19. The smallest absolute Gasteiger partial charge is 0.0237 e. The van der Waals surface area contributed by atoms with Crippen molar-refractivity contribution in [2.75, 3.05) is 14.1 Å². The van der Waals surface area contributed by atoms with Crippen LogP contribution in [0.2, 0.25) is 0 Å². The Morgan fingerprint density at radius 1 is 0.850 bits per heavy atom. The maximum atomic E-state index is 3.24. The van der Waals surface area contributed by atoms with Crippen molar-refractivity contribution >= 4 is 0 Å². The summed E-state index contributed by atoms with van der Waals surface area (Å²) in [4.78, 5) is 2.37. The molecule has 0 saturated carbocycles. The first-order valence-electron chi connectivity index (χ1n) is 7.15. The van der Waals surface area contributed by atoms with E-state index in [1.54, 1.807) is 0 Å². The first-order chi connectivity index (χ1) is 9.70. The van der Waals surface area contributed by atoms with Gasteiger partial charge in [-0.15, -0.1) is 0 Å². The molecule has 2 nitrogen and oxygen atoms in total. The number of hydrogen-bond donors (Lipinski definition) is 1. The molecule has 0 fully saturated rings. The van der Waals surface area contributed by atoms with Crippen molar-refractivity contribution < 1.29 is 0 Å². The van der Waals surface area contributed by atoms with E-state index >= 15 is 0 Å². The van der Waals surface area contributed by atoms with Crippen LogP contribution in [0.25, 0.3) is 0 Å². The lowest BCUT2D eigenvalue weighted by atomic mass is 10.1. The summed E-state index contributed by atoms with van der Waals surface area (Å²) >= 11 is 0. The van der Waals surface area contributed by atoms with E-state index in [0.717, 1.165) is 19.6 Å². The van der Waals surface area contributed by atoms with Crippen LogP contribution in [0.3, 0.4) is 0 Å². The van der Waals surface area contributed by atoms with Crippen molar-refractivity contribution in [3.63, 3.8) is 0 Å². The monoisotopic (exact) mass is 268 g/mol. The fraction of sp³-hybridized carbons (Fsp3) is 0.333. The number of aryl methyl sites for hydroxylation is 1. The molecule has 0 unspecified atom stereocenters. The van der Waals surface area contributed by atoms with E-state index in [1.807, 2.05) is 7.05 Å². The molecule has 0 aromatic heterocycles. The quantitative estimate of drug-likeness (QED) is 0.864. The van der Waals surface area contributed by atoms with Gasteiger partial charge in [0.1, 0.15) is 0 Å². The van der Waals surface area contributed by atoms with Gasteiger partial charge in [0.25, 0.3) is 0 Å². The second-order valence-corrected chi connectivity index (χ2v) is 5.40. The van der Waals surface area contributed by atoms with Gasteiger partial charge in [-0.25, -0.2) is 0 Å². The van der Waals surface area contributed by atoms with Crippen molar-refractivity contribution in [3.8, 4) is 0 Å². The molecular formula is C18H24N2. The fourth-order valence-electron chi connectivity index (χ4n) is 2.50. The second-order valence-electron chi connectivity index (χ2n) is 5.40. The van der Waals surface area contributed by atoms with Gasteiger partial charge >= 0.3 is 0 Å². The van der Waals surface area contributed by atoms with Crippen LogP contribution in [-0.4, -0.2) is 19.0 Å².